The van der Waals surface area contributed by atoms with Crippen molar-refractivity contribution in [3.8, 4) is 28.3 Å². The number of hydrogen-bond donors (Lipinski definition) is 1. The molecule has 156 valence electrons. The maximum Gasteiger partial charge on any atom is 0.343 e. The average Bonchev–Trinajstić information content (AvgIpc) is 2.71. The van der Waals surface area contributed by atoms with Gasteiger partial charge in [-0.3, -0.25) is 4.98 Å². The molecule has 3 rings (SSSR count). The Balaban J connectivity index is 2.26. The Bertz CT molecular complexity index is 1080. The highest BCUT2D eigenvalue weighted by Gasteiger charge is 2.22. The van der Waals surface area contributed by atoms with E-state index in [9.17, 15) is 18.0 Å². The summed E-state index contributed by atoms with van der Waals surface area (Å²) in [6.07, 6.45) is -2.81. The fraction of sp³-hybridized carbons (Fsp3) is 0.200. The lowest BCUT2D eigenvalue weighted by Crippen LogP contribution is -2.15. The summed E-state index contributed by atoms with van der Waals surface area (Å²) in [7, 11) is 1.19. The third kappa shape index (κ3) is 4.65. The Labute approximate surface area is 169 Å². The number of nitrogens with two attached hydrogens (primary N) is 1. The van der Waals surface area contributed by atoms with Gasteiger partial charge < -0.3 is 15.2 Å². The summed E-state index contributed by atoms with van der Waals surface area (Å²) in [5.41, 5.74) is 6.80. The van der Waals surface area contributed by atoms with E-state index in [0.717, 1.165) is 0 Å². The minimum atomic E-state index is -2.81. The number of nitrogens with zero attached hydrogens (tertiary/aromatic N) is 3. The van der Waals surface area contributed by atoms with Crippen molar-refractivity contribution >= 4 is 11.9 Å². The monoisotopic (exact) mass is 418 g/mol. The molecule has 0 fully saturated rings. The second-order valence-corrected chi connectivity index (χ2v) is 6.21. The second kappa shape index (κ2) is 8.76. The molecule has 0 atom stereocenters. The molecule has 2 heterocycles. The van der Waals surface area contributed by atoms with Crippen molar-refractivity contribution in [2.75, 3.05) is 19.5 Å². The fourth-order valence-corrected chi connectivity index (χ4v) is 2.77. The van der Waals surface area contributed by atoms with Gasteiger partial charge in [0, 0.05) is 11.3 Å². The van der Waals surface area contributed by atoms with E-state index in [2.05, 4.69) is 19.7 Å². The van der Waals surface area contributed by atoms with Crippen molar-refractivity contribution in [3.63, 3.8) is 0 Å². The smallest absolute Gasteiger partial charge is 0.343 e. The summed E-state index contributed by atoms with van der Waals surface area (Å²) >= 11 is 0. The molecule has 0 saturated heterocycles. The molecular weight excluding hydrogens is 401 g/mol. The first kappa shape index (κ1) is 21.0. The van der Waals surface area contributed by atoms with Crippen LogP contribution in [0.5, 0.6) is 5.88 Å². The SMILES string of the molecule is COC(=O)COc1nc(N)nc(-c2ccc(F)cc2)c1-c1cc(C)nc(C(F)F)c1. The summed E-state index contributed by atoms with van der Waals surface area (Å²) in [5.74, 6) is -1.44. The third-order valence-corrected chi connectivity index (χ3v) is 4.05. The lowest BCUT2D eigenvalue weighted by molar-refractivity contribution is -0.143. The Morgan fingerprint density at radius 1 is 1.10 bits per heavy atom. The predicted octanol–water partition coefficient (Wildman–Crippen LogP) is 3.72. The molecule has 7 nitrogen and oxygen atoms in total. The number of esters is 1. The Morgan fingerprint density at radius 3 is 2.43 bits per heavy atom. The first-order chi connectivity index (χ1) is 14.3. The number of methoxy groups -OCH3 is 1. The molecule has 0 aliphatic rings. The van der Waals surface area contributed by atoms with Crippen LogP contribution in [-0.2, 0) is 9.53 Å². The number of carbonyl (C=O) groups excluding carboxylic acids is 1. The molecule has 0 bridgehead atoms. The number of alkyl halides is 2. The van der Waals surface area contributed by atoms with Crippen LogP contribution in [0, 0.1) is 12.7 Å². The van der Waals surface area contributed by atoms with E-state index in [4.69, 9.17) is 10.5 Å². The van der Waals surface area contributed by atoms with Crippen LogP contribution in [0.2, 0.25) is 0 Å². The van der Waals surface area contributed by atoms with Gasteiger partial charge in [0.05, 0.1) is 18.4 Å². The first-order valence-corrected chi connectivity index (χ1v) is 8.68. The van der Waals surface area contributed by atoms with Crippen LogP contribution in [0.25, 0.3) is 22.4 Å². The molecule has 30 heavy (non-hydrogen) atoms. The van der Waals surface area contributed by atoms with Crippen molar-refractivity contribution in [1.82, 2.24) is 15.0 Å². The molecule has 0 spiro atoms. The molecule has 3 aromatic rings. The Kier molecular flexibility index (Phi) is 6.14. The van der Waals surface area contributed by atoms with Crippen LogP contribution in [0.4, 0.5) is 19.1 Å². The van der Waals surface area contributed by atoms with Crippen molar-refractivity contribution in [2.45, 2.75) is 13.3 Å². The van der Waals surface area contributed by atoms with Crippen LogP contribution in [-0.4, -0.2) is 34.6 Å². The van der Waals surface area contributed by atoms with Gasteiger partial charge in [0.25, 0.3) is 6.43 Å². The van der Waals surface area contributed by atoms with Crippen LogP contribution < -0.4 is 10.5 Å². The maximum atomic E-state index is 13.4. The Hall–Kier alpha value is -3.69. The summed E-state index contributed by atoms with van der Waals surface area (Å²) in [4.78, 5) is 23.6. The number of aromatic nitrogens is 3. The van der Waals surface area contributed by atoms with E-state index in [-0.39, 0.29) is 28.6 Å². The highest BCUT2D eigenvalue weighted by Crippen LogP contribution is 2.39. The lowest BCUT2D eigenvalue weighted by atomic mass is 9.99. The maximum absolute atomic E-state index is 13.4. The van der Waals surface area contributed by atoms with E-state index < -0.39 is 30.5 Å². The number of anilines is 1. The van der Waals surface area contributed by atoms with Gasteiger partial charge in [0.15, 0.2) is 6.61 Å². The molecule has 10 heteroatoms. The van der Waals surface area contributed by atoms with E-state index >= 15 is 0 Å². The number of aryl methyl sites for hydroxylation is 1. The molecular formula is C20H17F3N4O3. The molecule has 2 N–H and O–H groups in total. The molecule has 0 aliphatic heterocycles. The summed E-state index contributed by atoms with van der Waals surface area (Å²) in [5, 5.41) is 0. The van der Waals surface area contributed by atoms with Gasteiger partial charge in [-0.1, -0.05) is 0 Å². The number of halogens is 3. The van der Waals surface area contributed by atoms with E-state index in [1.54, 1.807) is 13.0 Å². The molecule has 0 unspecified atom stereocenters. The molecule has 1 aromatic carbocycles. The molecule has 0 amide bonds. The van der Waals surface area contributed by atoms with Crippen LogP contribution >= 0.6 is 0 Å². The minimum Gasteiger partial charge on any atom is -0.466 e. The average molecular weight is 418 g/mol. The zero-order valence-electron chi connectivity index (χ0n) is 16.0. The normalized spacial score (nSPS) is 10.9. The van der Waals surface area contributed by atoms with Gasteiger partial charge in [0.1, 0.15) is 11.5 Å². The number of carbonyl (C=O) groups is 1. The number of ether oxygens (including phenoxy) is 2. The predicted molar refractivity (Wildman–Crippen MR) is 102 cm³/mol. The number of nitrogen functional groups attached to an aromatic ring is 1. The van der Waals surface area contributed by atoms with Crippen LogP contribution in [0.15, 0.2) is 36.4 Å². The van der Waals surface area contributed by atoms with Crippen molar-refractivity contribution in [1.29, 1.82) is 0 Å². The summed E-state index contributed by atoms with van der Waals surface area (Å²) < 4.78 is 50.1. The highest BCUT2D eigenvalue weighted by atomic mass is 19.3. The van der Waals surface area contributed by atoms with Crippen LogP contribution in [0.1, 0.15) is 17.8 Å². The molecule has 0 radical (unpaired) electrons. The van der Waals surface area contributed by atoms with Gasteiger partial charge in [-0.25, -0.2) is 22.9 Å². The van der Waals surface area contributed by atoms with Gasteiger partial charge in [0.2, 0.25) is 11.8 Å². The zero-order valence-corrected chi connectivity index (χ0v) is 16.0. The number of benzene rings is 1. The largest absolute Gasteiger partial charge is 0.466 e. The van der Waals surface area contributed by atoms with Crippen LogP contribution in [0.3, 0.4) is 0 Å². The van der Waals surface area contributed by atoms with E-state index in [1.807, 2.05) is 0 Å². The quantitative estimate of drug-likeness (QED) is 0.609. The highest BCUT2D eigenvalue weighted by molar-refractivity contribution is 5.85. The van der Waals surface area contributed by atoms with Gasteiger partial charge in [-0.15, -0.1) is 0 Å². The summed E-state index contributed by atoms with van der Waals surface area (Å²) in [6.45, 7) is 1.06. The van der Waals surface area contributed by atoms with Gasteiger partial charge >= 0.3 is 5.97 Å². The van der Waals surface area contributed by atoms with Crippen molar-refractivity contribution in [3.05, 3.63) is 53.6 Å². The van der Waals surface area contributed by atoms with E-state index in [0.29, 0.717) is 11.3 Å². The van der Waals surface area contributed by atoms with Crippen molar-refractivity contribution in [2.24, 2.45) is 0 Å². The van der Waals surface area contributed by atoms with Gasteiger partial charge in [-0.05, 0) is 48.9 Å². The molecule has 0 aliphatic carbocycles. The van der Waals surface area contributed by atoms with Crippen molar-refractivity contribution < 1.29 is 27.4 Å². The fourth-order valence-electron chi connectivity index (χ4n) is 2.77. The zero-order chi connectivity index (χ0) is 21.8. The topological polar surface area (TPSA) is 100 Å². The minimum absolute atomic E-state index is 0.113. The van der Waals surface area contributed by atoms with E-state index in [1.165, 1.54) is 37.4 Å². The lowest BCUT2D eigenvalue weighted by Gasteiger charge is -2.16. The number of rotatable bonds is 6. The molecule has 0 saturated carbocycles. The third-order valence-electron chi connectivity index (χ3n) is 4.05. The number of pyridine rings is 1. The first-order valence-electron chi connectivity index (χ1n) is 8.68. The number of hydrogen-bond acceptors (Lipinski definition) is 7. The second-order valence-electron chi connectivity index (χ2n) is 6.21. The summed E-state index contributed by atoms with van der Waals surface area (Å²) in [6, 6.07) is 8.05. The Morgan fingerprint density at radius 2 is 1.80 bits per heavy atom. The standard InChI is InChI=1S/C20H17F3N4O3/c1-10-7-12(8-14(25-10)18(22)23)16-17(11-3-5-13(21)6-4-11)26-20(24)27-19(16)30-9-15(28)29-2/h3-8,18H,9H2,1-2H3,(H2,24,26,27). The molecule has 2 aromatic heterocycles. The van der Waals surface area contributed by atoms with Gasteiger partial charge in [-0.2, -0.15) is 4.98 Å².